The summed E-state index contributed by atoms with van der Waals surface area (Å²) in [5, 5.41) is 15.4. The molecular formula is C34H33F2N11O2. The number of nitrogens with one attached hydrogen (secondary N) is 1. The lowest BCUT2D eigenvalue weighted by atomic mass is 10.0. The zero-order valence-corrected chi connectivity index (χ0v) is 26.5. The topological polar surface area (TPSA) is 128 Å². The van der Waals surface area contributed by atoms with Crippen LogP contribution >= 0.6 is 0 Å². The smallest absolute Gasteiger partial charge is 0.329 e. The van der Waals surface area contributed by atoms with Gasteiger partial charge in [0.1, 0.15) is 23.3 Å². The van der Waals surface area contributed by atoms with E-state index in [0.29, 0.717) is 35.9 Å². The molecule has 3 amide bonds. The van der Waals surface area contributed by atoms with Gasteiger partial charge >= 0.3 is 6.03 Å². The van der Waals surface area contributed by atoms with Crippen molar-refractivity contribution in [2.75, 3.05) is 54.0 Å². The summed E-state index contributed by atoms with van der Waals surface area (Å²) in [4.78, 5) is 41.6. The number of nitrogens with zero attached hydrogens (tertiary/aromatic N) is 10. The van der Waals surface area contributed by atoms with Gasteiger partial charge in [-0.05, 0) is 49.2 Å². The highest BCUT2D eigenvalue weighted by Crippen LogP contribution is 2.37. The second kappa shape index (κ2) is 12.8. The van der Waals surface area contributed by atoms with E-state index in [1.807, 2.05) is 36.5 Å². The summed E-state index contributed by atoms with van der Waals surface area (Å²) in [5.74, 6) is 0.571. The van der Waals surface area contributed by atoms with Crippen molar-refractivity contribution < 1.29 is 18.4 Å². The number of urea groups is 1. The molecule has 8 rings (SSSR count). The maximum absolute atomic E-state index is 14.7. The maximum atomic E-state index is 14.7. The lowest BCUT2D eigenvalue weighted by Crippen LogP contribution is -2.50. The van der Waals surface area contributed by atoms with Crippen molar-refractivity contribution in [1.82, 2.24) is 40.0 Å². The minimum atomic E-state index is -0.588. The third-order valence-electron chi connectivity index (χ3n) is 9.35. The third kappa shape index (κ3) is 6.12. The van der Waals surface area contributed by atoms with Gasteiger partial charge in [-0.3, -0.25) is 19.9 Å². The Kier molecular flexibility index (Phi) is 8.03. The molecule has 7 heterocycles. The normalized spacial score (nSPS) is 18.8. The van der Waals surface area contributed by atoms with E-state index in [1.165, 1.54) is 17.0 Å². The van der Waals surface area contributed by atoms with Crippen LogP contribution < -0.4 is 20.0 Å². The average Bonchev–Trinajstić information content (AvgIpc) is 3.77. The summed E-state index contributed by atoms with van der Waals surface area (Å²) >= 11 is 0. The zero-order valence-electron chi connectivity index (χ0n) is 26.5. The van der Waals surface area contributed by atoms with Gasteiger partial charge in [0.05, 0.1) is 29.2 Å². The van der Waals surface area contributed by atoms with Crippen LogP contribution in [0.2, 0.25) is 0 Å². The molecule has 0 saturated carbocycles. The van der Waals surface area contributed by atoms with Gasteiger partial charge in [0.15, 0.2) is 11.5 Å². The molecular weight excluding hydrogens is 632 g/mol. The molecule has 13 nitrogen and oxygen atoms in total. The van der Waals surface area contributed by atoms with Crippen LogP contribution in [0.3, 0.4) is 0 Å². The van der Waals surface area contributed by atoms with Crippen LogP contribution in [0.5, 0.6) is 0 Å². The number of halogens is 2. The second-order valence-corrected chi connectivity index (χ2v) is 12.4. The number of hydrogen-bond donors (Lipinski definition) is 1. The van der Waals surface area contributed by atoms with Crippen molar-refractivity contribution in [3.8, 4) is 11.3 Å². The van der Waals surface area contributed by atoms with Gasteiger partial charge in [0.2, 0.25) is 5.91 Å². The Balaban J connectivity index is 0.940. The minimum Gasteiger partial charge on any atom is -0.354 e. The number of pyridine rings is 1. The molecule has 1 atom stereocenters. The number of rotatable bonds is 7. The monoisotopic (exact) mass is 665 g/mol. The van der Waals surface area contributed by atoms with E-state index in [1.54, 1.807) is 16.8 Å². The molecule has 5 aromatic rings. The van der Waals surface area contributed by atoms with E-state index >= 15 is 0 Å². The molecule has 0 unspecified atom stereocenters. The number of amides is 3. The fourth-order valence-corrected chi connectivity index (χ4v) is 6.81. The first kappa shape index (κ1) is 30.7. The number of anilines is 3. The Morgan fingerprint density at radius 3 is 2.53 bits per heavy atom. The predicted octanol–water partition coefficient (Wildman–Crippen LogP) is 3.97. The van der Waals surface area contributed by atoms with Crippen LogP contribution in [0.4, 0.5) is 31.0 Å². The van der Waals surface area contributed by atoms with Gasteiger partial charge in [-0.1, -0.05) is 12.1 Å². The number of fused-ring (bicyclic) bond motifs is 1. The number of imide groups is 1. The Hall–Kier alpha value is -5.57. The quantitative estimate of drug-likeness (QED) is 0.273. The number of aromatic nitrogens is 6. The van der Waals surface area contributed by atoms with Crippen molar-refractivity contribution in [2.45, 2.75) is 31.8 Å². The lowest BCUT2D eigenvalue weighted by molar-refractivity contribution is -0.120. The Labute approximate surface area is 280 Å². The first-order chi connectivity index (χ1) is 23.9. The highest BCUT2D eigenvalue weighted by molar-refractivity contribution is 6.05. The lowest BCUT2D eigenvalue weighted by Gasteiger charge is -2.35. The van der Waals surface area contributed by atoms with E-state index in [-0.39, 0.29) is 24.9 Å². The van der Waals surface area contributed by atoms with Crippen LogP contribution in [0.25, 0.3) is 16.9 Å². The molecule has 3 fully saturated rings. The van der Waals surface area contributed by atoms with E-state index in [0.717, 1.165) is 67.9 Å². The van der Waals surface area contributed by atoms with E-state index < -0.39 is 17.7 Å². The first-order valence-corrected chi connectivity index (χ1v) is 16.3. The standard InChI is InChI=1S/C34H33F2N11O2/c35-22-6-8-24(26(36)19-22)28-4-2-12-45(28)30-10-14-47-33(39-30)25(20-37-47)27-3-1-5-29(38-27)44-17-15-43(16-18-44)21-23-7-9-31(42-41-23)46-13-11-32(48)40-34(46)49/h1,3,5-10,14,19-20,28H,2,4,11-13,15-18,21H2,(H,40,48,49)/t28-/m1/s1. The summed E-state index contributed by atoms with van der Waals surface area (Å²) in [6, 6.07) is 14.5. The Bertz CT molecular complexity index is 2030. The number of carbonyl (C=O) groups is 2. The highest BCUT2D eigenvalue weighted by Gasteiger charge is 2.30. The van der Waals surface area contributed by atoms with Crippen molar-refractivity contribution in [3.05, 3.63) is 89.9 Å². The molecule has 0 bridgehead atoms. The Morgan fingerprint density at radius 1 is 0.857 bits per heavy atom. The third-order valence-corrected chi connectivity index (χ3v) is 9.35. The molecule has 3 saturated heterocycles. The van der Waals surface area contributed by atoms with E-state index in [4.69, 9.17) is 9.97 Å². The summed E-state index contributed by atoms with van der Waals surface area (Å²) in [6.45, 7) is 4.78. The largest absolute Gasteiger partial charge is 0.354 e. The van der Waals surface area contributed by atoms with Crippen LogP contribution in [0.15, 0.2) is 67.0 Å². The number of hydrogen-bond acceptors (Lipinski definition) is 10. The summed E-state index contributed by atoms with van der Waals surface area (Å²) in [5.41, 5.74) is 3.47. The van der Waals surface area contributed by atoms with Crippen molar-refractivity contribution in [1.29, 1.82) is 0 Å². The van der Waals surface area contributed by atoms with E-state index in [2.05, 4.69) is 35.3 Å². The molecule has 4 aromatic heterocycles. The van der Waals surface area contributed by atoms with Crippen LogP contribution in [-0.2, 0) is 11.3 Å². The van der Waals surface area contributed by atoms with Crippen molar-refractivity contribution in [3.63, 3.8) is 0 Å². The van der Waals surface area contributed by atoms with Gasteiger partial charge in [-0.2, -0.15) is 10.2 Å². The summed E-state index contributed by atoms with van der Waals surface area (Å²) in [6.07, 6.45) is 5.48. The highest BCUT2D eigenvalue weighted by atomic mass is 19.1. The van der Waals surface area contributed by atoms with Crippen molar-refractivity contribution >= 4 is 35.0 Å². The van der Waals surface area contributed by atoms with Gasteiger partial charge in [-0.15, -0.1) is 5.10 Å². The predicted molar refractivity (Wildman–Crippen MR) is 177 cm³/mol. The fourth-order valence-electron chi connectivity index (χ4n) is 6.81. The molecule has 3 aliphatic heterocycles. The molecule has 1 N–H and O–H groups in total. The van der Waals surface area contributed by atoms with Gasteiger partial charge in [0.25, 0.3) is 0 Å². The summed E-state index contributed by atoms with van der Waals surface area (Å²) < 4.78 is 30.1. The molecule has 0 radical (unpaired) electrons. The van der Waals surface area contributed by atoms with Gasteiger partial charge in [-0.25, -0.2) is 28.1 Å². The average molecular weight is 666 g/mol. The molecule has 3 aliphatic rings. The molecule has 250 valence electrons. The first-order valence-electron chi connectivity index (χ1n) is 16.3. The number of carbonyl (C=O) groups excluding carboxylic acids is 2. The zero-order chi connectivity index (χ0) is 33.5. The minimum absolute atomic E-state index is 0.232. The number of piperazine rings is 1. The molecule has 0 aliphatic carbocycles. The molecule has 1 aromatic carbocycles. The van der Waals surface area contributed by atoms with Crippen LogP contribution in [-0.4, -0.2) is 85.9 Å². The second-order valence-electron chi connectivity index (χ2n) is 12.4. The molecule has 15 heteroatoms. The SMILES string of the molecule is O=C1CCN(c2ccc(CN3CCN(c4cccc(-c5cnn6ccc(N7CCC[C@@H]7c7ccc(F)cc7F)nc56)n4)CC3)nn2)C(=O)N1. The summed E-state index contributed by atoms with van der Waals surface area (Å²) in [7, 11) is 0. The van der Waals surface area contributed by atoms with E-state index in [9.17, 15) is 18.4 Å². The Morgan fingerprint density at radius 2 is 1.73 bits per heavy atom. The number of benzene rings is 1. The molecule has 0 spiro atoms. The van der Waals surface area contributed by atoms with Crippen LogP contribution in [0.1, 0.15) is 36.6 Å². The molecule has 49 heavy (non-hydrogen) atoms. The van der Waals surface area contributed by atoms with Gasteiger partial charge in [0, 0.05) is 70.1 Å². The van der Waals surface area contributed by atoms with Crippen molar-refractivity contribution in [2.24, 2.45) is 0 Å². The maximum Gasteiger partial charge on any atom is 0.329 e. The van der Waals surface area contributed by atoms with Crippen LogP contribution in [0, 0.1) is 11.6 Å². The van der Waals surface area contributed by atoms with Gasteiger partial charge < -0.3 is 9.80 Å². The fraction of sp³-hybridized carbons (Fsp3) is 0.324.